The van der Waals surface area contributed by atoms with Crippen LogP contribution in [0, 0.1) is 0 Å². The molecule has 0 saturated carbocycles. The van der Waals surface area contributed by atoms with Crippen molar-refractivity contribution in [3.05, 3.63) is 0 Å². The first-order valence-electron chi connectivity index (χ1n) is 7.07. The highest BCUT2D eigenvalue weighted by molar-refractivity contribution is 5.76. The topological polar surface area (TPSA) is 93.1 Å². The van der Waals surface area contributed by atoms with E-state index in [0.717, 1.165) is 12.8 Å². The SMILES string of the molecule is CCCCC(OC(=O)CCC(=O)O)C(C)OCC(C)O. The number of carbonyl (C=O) groups is 2. The Kier molecular flexibility index (Phi) is 10.0. The van der Waals surface area contributed by atoms with Gasteiger partial charge in [-0.15, -0.1) is 0 Å². The van der Waals surface area contributed by atoms with Crippen molar-refractivity contribution < 1.29 is 29.3 Å². The molecule has 0 aromatic rings. The predicted molar refractivity (Wildman–Crippen MR) is 73.4 cm³/mol. The summed E-state index contributed by atoms with van der Waals surface area (Å²) in [7, 11) is 0. The number of carboxylic acid groups (broad SMARTS) is 1. The minimum atomic E-state index is -1.02. The van der Waals surface area contributed by atoms with Crippen molar-refractivity contribution in [1.82, 2.24) is 0 Å². The summed E-state index contributed by atoms with van der Waals surface area (Å²) in [6, 6.07) is 0. The number of rotatable bonds is 11. The van der Waals surface area contributed by atoms with Crippen molar-refractivity contribution in [3.63, 3.8) is 0 Å². The second kappa shape index (κ2) is 10.6. The van der Waals surface area contributed by atoms with Gasteiger partial charge < -0.3 is 19.7 Å². The summed E-state index contributed by atoms with van der Waals surface area (Å²) < 4.78 is 10.7. The number of aliphatic hydroxyl groups excluding tert-OH is 1. The lowest BCUT2D eigenvalue weighted by Crippen LogP contribution is -2.33. The van der Waals surface area contributed by atoms with Crippen LogP contribution in [-0.2, 0) is 19.1 Å². The Hall–Kier alpha value is -1.14. The van der Waals surface area contributed by atoms with E-state index < -0.39 is 24.1 Å². The van der Waals surface area contributed by atoms with Crippen LogP contribution >= 0.6 is 0 Å². The average molecular weight is 290 g/mol. The van der Waals surface area contributed by atoms with E-state index in [1.807, 2.05) is 6.92 Å². The Labute approximate surface area is 120 Å². The minimum Gasteiger partial charge on any atom is -0.481 e. The molecular formula is C14H26O6. The van der Waals surface area contributed by atoms with Crippen molar-refractivity contribution in [2.45, 2.75) is 71.2 Å². The van der Waals surface area contributed by atoms with Gasteiger partial charge in [0.1, 0.15) is 6.10 Å². The lowest BCUT2D eigenvalue weighted by molar-refractivity contribution is -0.160. The monoisotopic (exact) mass is 290 g/mol. The standard InChI is InChI=1S/C14H26O6/c1-4-5-6-12(11(3)19-9-10(2)15)20-14(18)8-7-13(16)17/h10-12,15H,4-9H2,1-3H3,(H,16,17). The Morgan fingerprint density at radius 1 is 1.20 bits per heavy atom. The molecule has 0 bridgehead atoms. The van der Waals surface area contributed by atoms with Crippen molar-refractivity contribution >= 4 is 11.9 Å². The van der Waals surface area contributed by atoms with Crippen molar-refractivity contribution in [2.24, 2.45) is 0 Å². The van der Waals surface area contributed by atoms with Crippen LogP contribution in [0.5, 0.6) is 0 Å². The van der Waals surface area contributed by atoms with Crippen LogP contribution in [0.25, 0.3) is 0 Å². The second-order valence-corrected chi connectivity index (χ2v) is 4.95. The van der Waals surface area contributed by atoms with Crippen molar-refractivity contribution in [3.8, 4) is 0 Å². The van der Waals surface area contributed by atoms with Crippen LogP contribution in [0.4, 0.5) is 0 Å². The molecule has 6 nitrogen and oxygen atoms in total. The van der Waals surface area contributed by atoms with Gasteiger partial charge in [0.15, 0.2) is 0 Å². The van der Waals surface area contributed by atoms with Crippen molar-refractivity contribution in [1.29, 1.82) is 0 Å². The molecule has 0 heterocycles. The minimum absolute atomic E-state index is 0.138. The van der Waals surface area contributed by atoms with E-state index in [0.29, 0.717) is 6.42 Å². The first kappa shape index (κ1) is 18.9. The smallest absolute Gasteiger partial charge is 0.306 e. The molecule has 0 rings (SSSR count). The van der Waals surface area contributed by atoms with Crippen LogP contribution in [0.2, 0.25) is 0 Å². The zero-order chi connectivity index (χ0) is 15.5. The van der Waals surface area contributed by atoms with E-state index in [1.54, 1.807) is 13.8 Å². The molecular weight excluding hydrogens is 264 g/mol. The Bertz CT molecular complexity index is 289. The van der Waals surface area contributed by atoms with Crippen LogP contribution in [0.3, 0.4) is 0 Å². The van der Waals surface area contributed by atoms with Crippen LogP contribution < -0.4 is 0 Å². The number of ether oxygens (including phenoxy) is 2. The summed E-state index contributed by atoms with van der Waals surface area (Å²) >= 11 is 0. The van der Waals surface area contributed by atoms with Crippen LogP contribution in [0.1, 0.15) is 52.9 Å². The van der Waals surface area contributed by atoms with E-state index in [2.05, 4.69) is 0 Å². The lowest BCUT2D eigenvalue weighted by atomic mass is 10.1. The fraction of sp³-hybridized carbons (Fsp3) is 0.857. The van der Waals surface area contributed by atoms with Gasteiger partial charge in [-0.2, -0.15) is 0 Å². The molecule has 0 fully saturated rings. The van der Waals surface area contributed by atoms with Gasteiger partial charge in [-0.25, -0.2) is 0 Å². The molecule has 6 heteroatoms. The molecule has 0 aliphatic heterocycles. The molecule has 0 amide bonds. The number of esters is 1. The maximum atomic E-state index is 11.6. The van der Waals surface area contributed by atoms with Gasteiger partial charge in [0.2, 0.25) is 0 Å². The van der Waals surface area contributed by atoms with Gasteiger partial charge in [0, 0.05) is 0 Å². The summed E-state index contributed by atoms with van der Waals surface area (Å²) in [4.78, 5) is 22.0. The molecule has 3 unspecified atom stereocenters. The number of aliphatic hydroxyl groups is 1. The fourth-order valence-corrected chi connectivity index (χ4v) is 1.63. The number of unbranched alkanes of at least 4 members (excludes halogenated alkanes) is 1. The maximum absolute atomic E-state index is 11.6. The van der Waals surface area contributed by atoms with E-state index in [-0.39, 0.29) is 25.6 Å². The highest BCUT2D eigenvalue weighted by Crippen LogP contribution is 2.14. The molecule has 0 aliphatic rings. The molecule has 20 heavy (non-hydrogen) atoms. The predicted octanol–water partition coefficient (Wildman–Crippen LogP) is 1.74. The zero-order valence-corrected chi connectivity index (χ0v) is 12.5. The third-order valence-corrected chi connectivity index (χ3v) is 2.79. The molecule has 0 aromatic heterocycles. The molecule has 3 atom stereocenters. The molecule has 0 saturated heterocycles. The van der Waals surface area contributed by atoms with Gasteiger partial charge in [0.25, 0.3) is 0 Å². The summed E-state index contributed by atoms with van der Waals surface area (Å²) in [5.41, 5.74) is 0. The molecule has 118 valence electrons. The van der Waals surface area contributed by atoms with E-state index in [9.17, 15) is 14.7 Å². The zero-order valence-electron chi connectivity index (χ0n) is 12.5. The summed E-state index contributed by atoms with van der Waals surface area (Å²) in [6.07, 6.45) is 0.831. The van der Waals surface area contributed by atoms with Gasteiger partial charge in [-0.05, 0) is 26.7 Å². The van der Waals surface area contributed by atoms with Gasteiger partial charge in [-0.1, -0.05) is 13.3 Å². The normalized spacial score (nSPS) is 15.4. The Morgan fingerprint density at radius 2 is 1.85 bits per heavy atom. The third-order valence-electron chi connectivity index (χ3n) is 2.79. The lowest BCUT2D eigenvalue weighted by Gasteiger charge is -2.25. The first-order valence-corrected chi connectivity index (χ1v) is 7.07. The van der Waals surface area contributed by atoms with Crippen molar-refractivity contribution in [2.75, 3.05) is 6.61 Å². The molecule has 0 aromatic carbocycles. The molecule has 2 N–H and O–H groups in total. The average Bonchev–Trinajstić information content (AvgIpc) is 2.38. The quantitative estimate of drug-likeness (QED) is 0.563. The Morgan fingerprint density at radius 3 is 2.35 bits per heavy atom. The summed E-state index contributed by atoms with van der Waals surface area (Å²) in [5.74, 6) is -1.55. The fourth-order valence-electron chi connectivity index (χ4n) is 1.63. The number of carbonyl (C=O) groups excluding carboxylic acids is 1. The number of aliphatic carboxylic acids is 1. The molecule has 0 aliphatic carbocycles. The van der Waals surface area contributed by atoms with Crippen LogP contribution in [-0.4, -0.2) is 47.1 Å². The maximum Gasteiger partial charge on any atom is 0.306 e. The third kappa shape index (κ3) is 9.75. The summed E-state index contributed by atoms with van der Waals surface area (Å²) in [6.45, 7) is 5.61. The van der Waals surface area contributed by atoms with E-state index >= 15 is 0 Å². The van der Waals surface area contributed by atoms with E-state index in [4.69, 9.17) is 14.6 Å². The first-order chi connectivity index (χ1) is 9.36. The number of hydrogen-bond donors (Lipinski definition) is 2. The largest absolute Gasteiger partial charge is 0.481 e. The highest BCUT2D eigenvalue weighted by atomic mass is 16.6. The van der Waals surface area contributed by atoms with E-state index in [1.165, 1.54) is 0 Å². The number of hydrogen-bond acceptors (Lipinski definition) is 5. The van der Waals surface area contributed by atoms with Crippen LogP contribution in [0.15, 0.2) is 0 Å². The van der Waals surface area contributed by atoms with Gasteiger partial charge in [0.05, 0.1) is 31.7 Å². The summed E-state index contributed by atoms with van der Waals surface area (Å²) in [5, 5.41) is 17.7. The van der Waals surface area contributed by atoms with Gasteiger partial charge >= 0.3 is 11.9 Å². The van der Waals surface area contributed by atoms with Gasteiger partial charge in [-0.3, -0.25) is 9.59 Å². The molecule has 0 radical (unpaired) electrons. The molecule has 0 spiro atoms. The highest BCUT2D eigenvalue weighted by Gasteiger charge is 2.22. The Balaban J connectivity index is 4.30. The number of carboxylic acids is 1. The second-order valence-electron chi connectivity index (χ2n) is 4.95.